The molecule has 0 aromatic heterocycles. The first-order valence-electron chi connectivity index (χ1n) is 7.93. The van der Waals surface area contributed by atoms with Crippen molar-refractivity contribution in [2.24, 2.45) is 5.41 Å². The minimum absolute atomic E-state index is 0.150. The van der Waals surface area contributed by atoms with Gasteiger partial charge in [-0.1, -0.05) is 0 Å². The van der Waals surface area contributed by atoms with Crippen LogP contribution in [0.15, 0.2) is 12.1 Å². The molecule has 3 rings (SSSR count). The highest BCUT2D eigenvalue weighted by Crippen LogP contribution is 2.45. The summed E-state index contributed by atoms with van der Waals surface area (Å²) in [4.78, 5) is 27.3. The van der Waals surface area contributed by atoms with Gasteiger partial charge in [0.2, 0.25) is 5.91 Å². The van der Waals surface area contributed by atoms with Gasteiger partial charge < -0.3 is 9.80 Å². The van der Waals surface area contributed by atoms with Gasteiger partial charge in [-0.15, -0.1) is 0 Å². The molecule has 2 aliphatic heterocycles. The maximum Gasteiger partial charge on any atom is 0.266 e. The van der Waals surface area contributed by atoms with Crippen molar-refractivity contribution in [2.45, 2.75) is 25.7 Å². The summed E-state index contributed by atoms with van der Waals surface area (Å²) in [5.74, 6) is -6.78. The van der Waals surface area contributed by atoms with E-state index in [1.54, 1.807) is 0 Å². The Morgan fingerprint density at radius 3 is 2.40 bits per heavy atom. The Morgan fingerprint density at radius 2 is 1.80 bits per heavy atom. The zero-order chi connectivity index (χ0) is 18.6. The molecule has 0 aliphatic carbocycles. The highest BCUT2D eigenvalue weighted by molar-refractivity contribution is 5.96. The molecule has 0 radical (unpaired) electrons. The first-order chi connectivity index (χ1) is 11.5. The average Bonchev–Trinajstić information content (AvgIpc) is 2.77. The van der Waals surface area contributed by atoms with E-state index in [2.05, 4.69) is 0 Å². The standard InChI is InChI=1S/C17H18F4N2O2/c1-10-5-12(18)13(19)6-11(10)14(24)23-8-16(7-17(20,21)9-23)3-4-22(2)15(16)25/h5-6H,3-4,7-9H2,1-2H3. The van der Waals surface area contributed by atoms with E-state index in [4.69, 9.17) is 0 Å². The van der Waals surface area contributed by atoms with Crippen molar-refractivity contribution in [3.8, 4) is 0 Å². The molecule has 1 aromatic rings. The lowest BCUT2D eigenvalue weighted by Crippen LogP contribution is -2.57. The number of nitrogens with zero attached hydrogens (tertiary/aromatic N) is 2. The lowest BCUT2D eigenvalue weighted by atomic mass is 9.76. The van der Waals surface area contributed by atoms with E-state index in [1.165, 1.54) is 18.9 Å². The molecule has 1 spiro atoms. The zero-order valence-electron chi connectivity index (χ0n) is 13.9. The lowest BCUT2D eigenvalue weighted by molar-refractivity contribution is -0.150. The van der Waals surface area contributed by atoms with Gasteiger partial charge in [0.25, 0.3) is 11.8 Å². The summed E-state index contributed by atoms with van der Waals surface area (Å²) in [6, 6.07) is 1.57. The lowest BCUT2D eigenvalue weighted by Gasteiger charge is -2.42. The summed E-state index contributed by atoms with van der Waals surface area (Å²) >= 11 is 0. The number of hydrogen-bond acceptors (Lipinski definition) is 2. The Kier molecular flexibility index (Phi) is 4.04. The third-order valence-electron chi connectivity index (χ3n) is 5.02. The number of aryl methyl sites for hydroxylation is 1. The van der Waals surface area contributed by atoms with Gasteiger partial charge in [0, 0.05) is 32.1 Å². The van der Waals surface area contributed by atoms with E-state index in [-0.39, 0.29) is 24.1 Å². The molecule has 1 unspecified atom stereocenters. The van der Waals surface area contributed by atoms with Crippen LogP contribution in [-0.2, 0) is 4.79 Å². The predicted octanol–water partition coefficient (Wildman–Crippen LogP) is 2.60. The Balaban J connectivity index is 1.95. The summed E-state index contributed by atoms with van der Waals surface area (Å²) < 4.78 is 55.3. The van der Waals surface area contributed by atoms with E-state index >= 15 is 0 Å². The van der Waals surface area contributed by atoms with Crippen LogP contribution >= 0.6 is 0 Å². The van der Waals surface area contributed by atoms with E-state index in [1.807, 2.05) is 0 Å². The number of amides is 2. The molecule has 2 heterocycles. The van der Waals surface area contributed by atoms with Gasteiger partial charge in [-0.2, -0.15) is 0 Å². The predicted molar refractivity (Wildman–Crippen MR) is 81.2 cm³/mol. The number of piperidine rings is 1. The maximum atomic E-state index is 14.3. The van der Waals surface area contributed by atoms with Gasteiger partial charge >= 0.3 is 0 Å². The largest absolute Gasteiger partial charge is 0.345 e. The topological polar surface area (TPSA) is 40.6 Å². The molecule has 2 aliphatic rings. The van der Waals surface area contributed by atoms with E-state index in [0.29, 0.717) is 6.54 Å². The second-order valence-electron chi connectivity index (χ2n) is 7.03. The van der Waals surface area contributed by atoms with Crippen molar-refractivity contribution < 1.29 is 27.2 Å². The molecule has 2 fully saturated rings. The van der Waals surface area contributed by atoms with Crippen molar-refractivity contribution >= 4 is 11.8 Å². The quantitative estimate of drug-likeness (QED) is 0.724. The first-order valence-corrected chi connectivity index (χ1v) is 7.93. The number of likely N-dealkylation sites (tertiary alicyclic amines) is 2. The Hall–Kier alpha value is -2.12. The highest BCUT2D eigenvalue weighted by Gasteiger charge is 2.57. The minimum Gasteiger partial charge on any atom is -0.345 e. The Morgan fingerprint density at radius 1 is 1.16 bits per heavy atom. The zero-order valence-corrected chi connectivity index (χ0v) is 13.9. The summed E-state index contributed by atoms with van der Waals surface area (Å²) in [5.41, 5.74) is -1.34. The van der Waals surface area contributed by atoms with E-state index in [0.717, 1.165) is 17.0 Å². The Labute approximate surface area is 142 Å². The molecule has 1 aromatic carbocycles. The molecule has 0 bridgehead atoms. The van der Waals surface area contributed by atoms with Crippen LogP contribution < -0.4 is 0 Å². The fourth-order valence-electron chi connectivity index (χ4n) is 3.80. The van der Waals surface area contributed by atoms with Gasteiger partial charge in [-0.3, -0.25) is 9.59 Å². The van der Waals surface area contributed by atoms with Gasteiger partial charge in [-0.05, 0) is 31.0 Å². The highest BCUT2D eigenvalue weighted by atomic mass is 19.3. The second kappa shape index (κ2) is 5.71. The van der Waals surface area contributed by atoms with E-state index in [9.17, 15) is 27.2 Å². The van der Waals surface area contributed by atoms with Crippen LogP contribution in [0.5, 0.6) is 0 Å². The summed E-state index contributed by atoms with van der Waals surface area (Å²) in [6.07, 6.45) is -0.373. The van der Waals surface area contributed by atoms with Crippen LogP contribution in [0.1, 0.15) is 28.8 Å². The van der Waals surface area contributed by atoms with Gasteiger partial charge in [0.05, 0.1) is 12.0 Å². The fourth-order valence-corrected chi connectivity index (χ4v) is 3.80. The van der Waals surface area contributed by atoms with Crippen molar-refractivity contribution in [3.63, 3.8) is 0 Å². The number of hydrogen-bond donors (Lipinski definition) is 0. The summed E-state index contributed by atoms with van der Waals surface area (Å²) in [7, 11) is 1.54. The monoisotopic (exact) mass is 358 g/mol. The molecule has 25 heavy (non-hydrogen) atoms. The van der Waals surface area contributed by atoms with E-state index < -0.39 is 47.8 Å². The van der Waals surface area contributed by atoms with Gasteiger partial charge in [-0.25, -0.2) is 17.6 Å². The fraction of sp³-hybridized carbons (Fsp3) is 0.529. The molecule has 2 saturated heterocycles. The number of halogens is 4. The number of alkyl halides is 2. The molecule has 2 amide bonds. The van der Waals surface area contributed by atoms with Crippen LogP contribution in [0.2, 0.25) is 0 Å². The summed E-state index contributed by atoms with van der Waals surface area (Å²) in [6.45, 7) is 0.759. The smallest absolute Gasteiger partial charge is 0.266 e. The van der Waals surface area contributed by atoms with Crippen LogP contribution in [0, 0.1) is 24.0 Å². The first kappa shape index (κ1) is 17.7. The van der Waals surface area contributed by atoms with Crippen LogP contribution in [0.3, 0.4) is 0 Å². The third kappa shape index (κ3) is 2.98. The molecule has 0 saturated carbocycles. The van der Waals surface area contributed by atoms with Crippen molar-refractivity contribution in [2.75, 3.05) is 26.7 Å². The number of rotatable bonds is 1. The Bertz CT molecular complexity index is 752. The molecule has 136 valence electrons. The second-order valence-corrected chi connectivity index (χ2v) is 7.03. The number of carbonyl (C=O) groups excluding carboxylic acids is 2. The van der Waals surface area contributed by atoms with Crippen molar-refractivity contribution in [1.82, 2.24) is 9.80 Å². The molecule has 0 N–H and O–H groups in total. The van der Waals surface area contributed by atoms with Crippen molar-refractivity contribution in [1.29, 1.82) is 0 Å². The van der Waals surface area contributed by atoms with Gasteiger partial charge in [0.1, 0.15) is 0 Å². The molecule has 1 atom stereocenters. The molecular formula is C17H18F4N2O2. The third-order valence-corrected chi connectivity index (χ3v) is 5.02. The number of benzene rings is 1. The number of carbonyl (C=O) groups is 2. The summed E-state index contributed by atoms with van der Waals surface area (Å²) in [5, 5.41) is 0. The molecular weight excluding hydrogens is 340 g/mol. The average molecular weight is 358 g/mol. The van der Waals surface area contributed by atoms with Crippen LogP contribution in [-0.4, -0.2) is 54.2 Å². The normalized spacial score (nSPS) is 25.8. The van der Waals surface area contributed by atoms with Gasteiger partial charge in [0.15, 0.2) is 11.6 Å². The SMILES string of the molecule is Cc1cc(F)c(F)cc1C(=O)N1CC(F)(F)CC2(CCN(C)C2=O)C1. The maximum absolute atomic E-state index is 14.3. The van der Waals surface area contributed by atoms with Crippen LogP contribution in [0.4, 0.5) is 17.6 Å². The molecule has 8 heteroatoms. The minimum atomic E-state index is -3.22. The van der Waals surface area contributed by atoms with Crippen molar-refractivity contribution in [3.05, 3.63) is 34.9 Å². The molecule has 4 nitrogen and oxygen atoms in total. The van der Waals surface area contributed by atoms with Crippen LogP contribution in [0.25, 0.3) is 0 Å².